The fourth-order valence-corrected chi connectivity index (χ4v) is 2.07. The minimum Gasteiger partial charge on any atom is -0.383 e. The van der Waals surface area contributed by atoms with Crippen LogP contribution in [0.1, 0.15) is 23.1 Å². The Kier molecular flexibility index (Phi) is 5.50. The molecule has 0 radical (unpaired) electrons. The first-order chi connectivity index (χ1) is 7.69. The predicted octanol–water partition coefficient (Wildman–Crippen LogP) is 2.47. The first-order valence-corrected chi connectivity index (χ1v) is 5.90. The van der Waals surface area contributed by atoms with Crippen molar-refractivity contribution in [2.24, 2.45) is 0 Å². The number of rotatable bonds is 6. The Morgan fingerprint density at radius 1 is 1.25 bits per heavy atom. The van der Waals surface area contributed by atoms with Gasteiger partial charge in [-0.3, -0.25) is 0 Å². The lowest BCUT2D eigenvalue weighted by Gasteiger charge is -2.16. The Balaban J connectivity index is 2.59. The molecular formula is C14H23NO. The molecule has 0 saturated heterocycles. The summed E-state index contributed by atoms with van der Waals surface area (Å²) >= 11 is 0. The molecule has 1 rings (SSSR count). The second-order valence-corrected chi connectivity index (χ2v) is 4.35. The van der Waals surface area contributed by atoms with Crippen molar-refractivity contribution in [1.82, 2.24) is 5.32 Å². The number of ether oxygens (including phenoxy) is 1. The van der Waals surface area contributed by atoms with Crippen LogP contribution in [-0.2, 0) is 11.2 Å². The lowest BCUT2D eigenvalue weighted by atomic mass is 9.97. The normalized spacial score (nSPS) is 12.8. The summed E-state index contributed by atoms with van der Waals surface area (Å²) in [6.45, 7) is 5.15. The second kappa shape index (κ2) is 6.66. The SMILES string of the molecule is CNC(CCc1c(C)cccc1C)COC. The average Bonchev–Trinajstić information content (AvgIpc) is 2.27. The molecule has 0 aliphatic heterocycles. The molecule has 1 unspecified atom stereocenters. The van der Waals surface area contributed by atoms with E-state index >= 15 is 0 Å². The van der Waals surface area contributed by atoms with Gasteiger partial charge in [0.1, 0.15) is 0 Å². The molecule has 1 aromatic rings. The minimum atomic E-state index is 0.448. The van der Waals surface area contributed by atoms with Gasteiger partial charge in [0.05, 0.1) is 6.61 Å². The van der Waals surface area contributed by atoms with Crippen LogP contribution >= 0.6 is 0 Å². The van der Waals surface area contributed by atoms with Crippen molar-refractivity contribution < 1.29 is 4.74 Å². The van der Waals surface area contributed by atoms with Crippen molar-refractivity contribution in [2.75, 3.05) is 20.8 Å². The Morgan fingerprint density at radius 3 is 2.38 bits per heavy atom. The molecule has 1 atom stereocenters. The van der Waals surface area contributed by atoms with Crippen LogP contribution < -0.4 is 5.32 Å². The van der Waals surface area contributed by atoms with Crippen molar-refractivity contribution in [3.63, 3.8) is 0 Å². The van der Waals surface area contributed by atoms with Gasteiger partial charge >= 0.3 is 0 Å². The maximum absolute atomic E-state index is 5.18. The highest BCUT2D eigenvalue weighted by molar-refractivity contribution is 5.33. The number of nitrogens with one attached hydrogen (secondary N) is 1. The molecule has 0 aromatic heterocycles. The van der Waals surface area contributed by atoms with E-state index in [0.717, 1.165) is 19.4 Å². The zero-order valence-electron chi connectivity index (χ0n) is 10.8. The number of benzene rings is 1. The zero-order chi connectivity index (χ0) is 12.0. The van der Waals surface area contributed by atoms with Crippen molar-refractivity contribution in [1.29, 1.82) is 0 Å². The minimum absolute atomic E-state index is 0.448. The van der Waals surface area contributed by atoms with Gasteiger partial charge in [0.25, 0.3) is 0 Å². The quantitative estimate of drug-likeness (QED) is 0.797. The van der Waals surface area contributed by atoms with Gasteiger partial charge in [0.2, 0.25) is 0 Å². The van der Waals surface area contributed by atoms with Crippen LogP contribution in [0, 0.1) is 13.8 Å². The summed E-state index contributed by atoms with van der Waals surface area (Å²) in [5, 5.41) is 3.29. The predicted molar refractivity (Wildman–Crippen MR) is 69.0 cm³/mol. The molecule has 0 spiro atoms. The monoisotopic (exact) mass is 221 g/mol. The lowest BCUT2D eigenvalue weighted by molar-refractivity contribution is 0.166. The Bertz CT molecular complexity index is 302. The highest BCUT2D eigenvalue weighted by Gasteiger charge is 2.08. The molecule has 16 heavy (non-hydrogen) atoms. The average molecular weight is 221 g/mol. The number of likely N-dealkylation sites (N-methyl/N-ethyl adjacent to an activating group) is 1. The van der Waals surface area contributed by atoms with E-state index in [4.69, 9.17) is 4.74 Å². The summed E-state index contributed by atoms with van der Waals surface area (Å²) < 4.78 is 5.18. The largest absolute Gasteiger partial charge is 0.383 e. The third-order valence-electron chi connectivity index (χ3n) is 3.16. The fourth-order valence-electron chi connectivity index (χ4n) is 2.07. The third-order valence-corrected chi connectivity index (χ3v) is 3.16. The Hall–Kier alpha value is -0.860. The topological polar surface area (TPSA) is 21.3 Å². The van der Waals surface area contributed by atoms with Crippen molar-refractivity contribution >= 4 is 0 Å². The summed E-state index contributed by atoms with van der Waals surface area (Å²) in [6.07, 6.45) is 2.24. The molecule has 2 nitrogen and oxygen atoms in total. The van der Waals surface area contributed by atoms with Gasteiger partial charge in [-0.25, -0.2) is 0 Å². The van der Waals surface area contributed by atoms with E-state index in [-0.39, 0.29) is 0 Å². The van der Waals surface area contributed by atoms with Crippen LogP contribution in [0.4, 0.5) is 0 Å². The van der Waals surface area contributed by atoms with Crippen LogP contribution in [0.3, 0.4) is 0 Å². The summed E-state index contributed by atoms with van der Waals surface area (Å²) in [5.74, 6) is 0. The first-order valence-electron chi connectivity index (χ1n) is 5.90. The van der Waals surface area contributed by atoms with Gasteiger partial charge in [-0.2, -0.15) is 0 Å². The van der Waals surface area contributed by atoms with E-state index in [1.165, 1.54) is 16.7 Å². The van der Waals surface area contributed by atoms with Gasteiger partial charge < -0.3 is 10.1 Å². The van der Waals surface area contributed by atoms with Gasteiger partial charge in [-0.1, -0.05) is 18.2 Å². The zero-order valence-corrected chi connectivity index (χ0v) is 10.8. The summed E-state index contributed by atoms with van der Waals surface area (Å²) in [5.41, 5.74) is 4.28. The van der Waals surface area contributed by atoms with E-state index in [2.05, 4.69) is 37.4 Å². The second-order valence-electron chi connectivity index (χ2n) is 4.35. The molecule has 0 fully saturated rings. The summed E-state index contributed by atoms with van der Waals surface area (Å²) in [4.78, 5) is 0. The highest BCUT2D eigenvalue weighted by Crippen LogP contribution is 2.16. The molecule has 0 aliphatic rings. The van der Waals surface area contributed by atoms with Crippen LogP contribution in [0.2, 0.25) is 0 Å². The van der Waals surface area contributed by atoms with Crippen LogP contribution in [0.25, 0.3) is 0 Å². The maximum atomic E-state index is 5.18. The van der Waals surface area contributed by atoms with Crippen LogP contribution in [-0.4, -0.2) is 26.8 Å². The van der Waals surface area contributed by atoms with E-state index in [9.17, 15) is 0 Å². The number of methoxy groups -OCH3 is 1. The molecule has 0 aliphatic carbocycles. The Morgan fingerprint density at radius 2 is 1.88 bits per heavy atom. The van der Waals surface area contributed by atoms with E-state index in [0.29, 0.717) is 6.04 Å². The van der Waals surface area contributed by atoms with Crippen molar-refractivity contribution in [3.8, 4) is 0 Å². The molecule has 0 saturated carbocycles. The van der Waals surface area contributed by atoms with Gasteiger partial charge in [0, 0.05) is 13.2 Å². The van der Waals surface area contributed by atoms with Gasteiger partial charge in [-0.15, -0.1) is 0 Å². The highest BCUT2D eigenvalue weighted by atomic mass is 16.5. The molecular weight excluding hydrogens is 198 g/mol. The van der Waals surface area contributed by atoms with Crippen LogP contribution in [0.15, 0.2) is 18.2 Å². The number of hydrogen-bond acceptors (Lipinski definition) is 2. The van der Waals surface area contributed by atoms with E-state index in [1.54, 1.807) is 7.11 Å². The third kappa shape index (κ3) is 3.62. The number of aryl methyl sites for hydroxylation is 2. The van der Waals surface area contributed by atoms with Crippen molar-refractivity contribution in [2.45, 2.75) is 32.7 Å². The maximum Gasteiger partial charge on any atom is 0.0615 e. The molecule has 1 N–H and O–H groups in total. The summed E-state index contributed by atoms with van der Waals surface area (Å²) in [7, 11) is 3.75. The molecule has 0 amide bonds. The standard InChI is InChI=1S/C14H23NO/c1-11-6-5-7-12(2)14(11)9-8-13(15-3)10-16-4/h5-7,13,15H,8-10H2,1-4H3. The van der Waals surface area contributed by atoms with Crippen molar-refractivity contribution in [3.05, 3.63) is 34.9 Å². The lowest BCUT2D eigenvalue weighted by Crippen LogP contribution is -2.30. The molecule has 2 heteroatoms. The van der Waals surface area contributed by atoms with Gasteiger partial charge in [0.15, 0.2) is 0 Å². The molecule has 90 valence electrons. The molecule has 0 heterocycles. The molecule has 1 aromatic carbocycles. The van der Waals surface area contributed by atoms with Gasteiger partial charge in [-0.05, 0) is 50.4 Å². The smallest absolute Gasteiger partial charge is 0.0615 e. The summed E-state index contributed by atoms with van der Waals surface area (Å²) in [6, 6.07) is 6.95. The number of hydrogen-bond donors (Lipinski definition) is 1. The Labute approximate surface area is 99.0 Å². The van der Waals surface area contributed by atoms with E-state index < -0.39 is 0 Å². The van der Waals surface area contributed by atoms with Crippen LogP contribution in [0.5, 0.6) is 0 Å². The van der Waals surface area contributed by atoms with E-state index in [1.807, 2.05) is 7.05 Å². The molecule has 0 bridgehead atoms. The fraction of sp³-hybridized carbons (Fsp3) is 0.571. The first kappa shape index (κ1) is 13.2.